The first-order valence-electron chi connectivity index (χ1n) is 7.52. The van der Waals surface area contributed by atoms with Gasteiger partial charge in [-0.2, -0.15) is 18.3 Å². The molecule has 2 heterocycles. The lowest BCUT2D eigenvalue weighted by Gasteiger charge is -2.33. The maximum Gasteiger partial charge on any atom is 0.470 e. The van der Waals surface area contributed by atoms with E-state index < -0.39 is 29.5 Å². The fraction of sp³-hybridized carbons (Fsp3) is 0.333. The molecule has 0 spiro atoms. The Morgan fingerprint density at radius 2 is 2.00 bits per heavy atom. The lowest BCUT2D eigenvalue weighted by Crippen LogP contribution is -2.37. The van der Waals surface area contributed by atoms with Gasteiger partial charge in [0, 0.05) is 15.6 Å². The Balaban J connectivity index is 2.07. The predicted molar refractivity (Wildman–Crippen MR) is 88.1 cm³/mol. The maximum atomic E-state index is 12.8. The van der Waals surface area contributed by atoms with Gasteiger partial charge in [0.05, 0.1) is 12.5 Å². The van der Waals surface area contributed by atoms with E-state index in [9.17, 15) is 18.3 Å². The highest BCUT2D eigenvalue weighted by Crippen LogP contribution is 2.42. The molecule has 3 rings (SSSR count). The van der Waals surface area contributed by atoms with E-state index in [4.69, 9.17) is 27.6 Å². The van der Waals surface area contributed by atoms with Crippen LogP contribution in [0, 0.1) is 0 Å². The van der Waals surface area contributed by atoms with Crippen molar-refractivity contribution in [3.63, 3.8) is 0 Å². The lowest BCUT2D eigenvalue weighted by atomic mass is 9.82. The van der Waals surface area contributed by atoms with Crippen LogP contribution < -0.4 is 0 Å². The highest BCUT2D eigenvalue weighted by atomic mass is 35.5. The van der Waals surface area contributed by atoms with Crippen molar-refractivity contribution in [2.45, 2.75) is 31.2 Å². The van der Waals surface area contributed by atoms with E-state index in [0.29, 0.717) is 5.02 Å². The van der Waals surface area contributed by atoms with Gasteiger partial charge in [0.2, 0.25) is 5.89 Å². The van der Waals surface area contributed by atoms with Gasteiger partial charge in [-0.1, -0.05) is 36.2 Å². The first kappa shape index (κ1) is 19.6. The van der Waals surface area contributed by atoms with Crippen LogP contribution in [0.15, 0.2) is 35.3 Å². The Labute approximate surface area is 160 Å². The molecule has 144 valence electrons. The van der Waals surface area contributed by atoms with E-state index in [1.807, 2.05) is 0 Å². The summed E-state index contributed by atoms with van der Waals surface area (Å²) in [5.74, 6) is -2.98. The van der Waals surface area contributed by atoms with Crippen LogP contribution in [0.5, 0.6) is 0 Å². The molecule has 0 bridgehead atoms. The minimum atomic E-state index is -4.80. The Hall–Kier alpha value is -2.17. The summed E-state index contributed by atoms with van der Waals surface area (Å²) in [6.45, 7) is 1.26. The lowest BCUT2D eigenvalue weighted by molar-refractivity contribution is -0.158. The van der Waals surface area contributed by atoms with E-state index >= 15 is 0 Å². The molecule has 12 heteroatoms. The largest absolute Gasteiger partial charge is 0.470 e. The summed E-state index contributed by atoms with van der Waals surface area (Å²) in [5, 5.41) is 22.3. The molecule has 7 nitrogen and oxygen atoms in total. The van der Waals surface area contributed by atoms with Gasteiger partial charge in [-0.05, 0) is 12.1 Å². The van der Waals surface area contributed by atoms with Crippen LogP contribution >= 0.6 is 23.2 Å². The third-order valence-corrected chi connectivity index (χ3v) is 4.58. The van der Waals surface area contributed by atoms with Crippen molar-refractivity contribution in [3.8, 4) is 0 Å². The zero-order valence-electron chi connectivity index (χ0n) is 13.7. The first-order chi connectivity index (χ1) is 12.6. The van der Waals surface area contributed by atoms with Gasteiger partial charge < -0.3 is 9.52 Å². The van der Waals surface area contributed by atoms with E-state index in [-0.39, 0.29) is 17.1 Å². The standard InChI is InChI=1S/C15H12Cl2F3N5O2/c1-8(12-23-24-13(27-12)15(18,19)20)14(26,5-25-7-21-6-22-25)10-3-2-9(16)4-11(10)17/h2-4,6-8,26H,5H2,1H3. The molecule has 2 atom stereocenters. The first-order valence-corrected chi connectivity index (χ1v) is 8.28. The summed E-state index contributed by atoms with van der Waals surface area (Å²) >= 11 is 12.1. The van der Waals surface area contributed by atoms with Crippen LogP contribution in [0.3, 0.4) is 0 Å². The van der Waals surface area contributed by atoms with Gasteiger partial charge in [-0.3, -0.25) is 0 Å². The topological polar surface area (TPSA) is 89.9 Å². The molecular formula is C15H12Cl2F3N5O2. The van der Waals surface area contributed by atoms with E-state index in [1.54, 1.807) is 0 Å². The van der Waals surface area contributed by atoms with Crippen LogP contribution in [0.1, 0.15) is 30.2 Å². The summed E-state index contributed by atoms with van der Waals surface area (Å²) in [6, 6.07) is 4.38. The molecule has 27 heavy (non-hydrogen) atoms. The SMILES string of the molecule is CC(c1nnc(C(F)(F)F)o1)C(O)(Cn1cncn1)c1ccc(Cl)cc1Cl. The minimum Gasteiger partial charge on any atom is -0.417 e. The summed E-state index contributed by atoms with van der Waals surface area (Å²) in [5.41, 5.74) is -1.63. The maximum absolute atomic E-state index is 12.8. The Morgan fingerprint density at radius 1 is 1.26 bits per heavy atom. The van der Waals surface area contributed by atoms with E-state index in [0.717, 1.165) is 0 Å². The van der Waals surface area contributed by atoms with Crippen LogP contribution in [0.4, 0.5) is 13.2 Å². The zero-order valence-corrected chi connectivity index (χ0v) is 15.2. The van der Waals surface area contributed by atoms with Gasteiger partial charge >= 0.3 is 12.1 Å². The zero-order chi connectivity index (χ0) is 19.8. The molecular weight excluding hydrogens is 410 g/mol. The number of hydrogen-bond donors (Lipinski definition) is 1. The normalized spacial score (nSPS) is 15.5. The molecule has 0 aliphatic rings. The number of alkyl halides is 3. The summed E-state index contributed by atoms with van der Waals surface area (Å²) in [7, 11) is 0. The highest BCUT2D eigenvalue weighted by molar-refractivity contribution is 6.35. The molecule has 2 aromatic heterocycles. The number of aromatic nitrogens is 5. The van der Waals surface area contributed by atoms with Crippen LogP contribution in [-0.4, -0.2) is 30.1 Å². The van der Waals surface area contributed by atoms with Crippen LogP contribution in [-0.2, 0) is 18.3 Å². The van der Waals surface area contributed by atoms with Crippen molar-refractivity contribution >= 4 is 23.2 Å². The molecule has 2 unspecified atom stereocenters. The third-order valence-electron chi connectivity index (χ3n) is 4.04. The van der Waals surface area contributed by atoms with E-state index in [1.165, 1.54) is 42.5 Å². The second-order valence-electron chi connectivity index (χ2n) is 5.81. The third kappa shape index (κ3) is 3.92. The smallest absolute Gasteiger partial charge is 0.417 e. The van der Waals surface area contributed by atoms with E-state index in [2.05, 4.69) is 20.3 Å². The molecule has 0 fully saturated rings. The number of halogens is 5. The van der Waals surface area contributed by atoms with Crippen molar-refractivity contribution < 1.29 is 22.7 Å². The van der Waals surface area contributed by atoms with Gasteiger partial charge in [-0.25, -0.2) is 9.67 Å². The molecule has 1 N–H and O–H groups in total. The molecule has 0 aliphatic carbocycles. The van der Waals surface area contributed by atoms with Gasteiger partial charge in [0.25, 0.3) is 0 Å². The number of aliphatic hydroxyl groups is 1. The molecule has 0 aliphatic heterocycles. The average molecular weight is 422 g/mol. The fourth-order valence-electron chi connectivity index (χ4n) is 2.59. The van der Waals surface area contributed by atoms with Crippen molar-refractivity contribution in [2.75, 3.05) is 0 Å². The monoisotopic (exact) mass is 421 g/mol. The quantitative estimate of drug-likeness (QED) is 0.675. The van der Waals surface area contributed by atoms with Crippen molar-refractivity contribution in [2.24, 2.45) is 0 Å². The van der Waals surface area contributed by atoms with Gasteiger partial charge in [-0.15, -0.1) is 10.2 Å². The summed E-state index contributed by atoms with van der Waals surface area (Å²) in [4.78, 5) is 3.79. The number of hydrogen-bond acceptors (Lipinski definition) is 6. The molecule has 0 radical (unpaired) electrons. The molecule has 1 aromatic carbocycles. The Kier molecular flexibility index (Phi) is 5.15. The Bertz CT molecular complexity index is 932. The highest BCUT2D eigenvalue weighted by Gasteiger charge is 2.44. The molecule has 0 saturated carbocycles. The van der Waals surface area contributed by atoms with Crippen LogP contribution in [0.2, 0.25) is 10.0 Å². The average Bonchev–Trinajstić information content (AvgIpc) is 3.24. The molecule has 3 aromatic rings. The number of benzene rings is 1. The van der Waals surface area contributed by atoms with Crippen molar-refractivity contribution in [3.05, 3.63) is 58.2 Å². The summed E-state index contributed by atoms with van der Waals surface area (Å²) < 4.78 is 44.4. The minimum absolute atomic E-state index is 0.118. The van der Waals surface area contributed by atoms with Crippen molar-refractivity contribution in [1.82, 2.24) is 25.0 Å². The van der Waals surface area contributed by atoms with Gasteiger partial charge in [0.15, 0.2) is 0 Å². The molecule has 0 amide bonds. The second kappa shape index (κ2) is 7.10. The second-order valence-corrected chi connectivity index (χ2v) is 6.65. The van der Waals surface area contributed by atoms with Crippen molar-refractivity contribution in [1.29, 1.82) is 0 Å². The van der Waals surface area contributed by atoms with Crippen LogP contribution in [0.25, 0.3) is 0 Å². The number of nitrogens with zero attached hydrogens (tertiary/aromatic N) is 5. The fourth-order valence-corrected chi connectivity index (χ4v) is 3.16. The Morgan fingerprint density at radius 3 is 2.56 bits per heavy atom. The summed E-state index contributed by atoms with van der Waals surface area (Å²) in [6.07, 6.45) is -2.20. The molecule has 0 saturated heterocycles. The van der Waals surface area contributed by atoms with Gasteiger partial charge in [0.1, 0.15) is 18.3 Å². The number of rotatable bonds is 5. The predicted octanol–water partition coefficient (Wildman–Crippen LogP) is 3.68.